The fourth-order valence-electron chi connectivity index (χ4n) is 1.26. The molecule has 5 heteroatoms. The van der Waals surface area contributed by atoms with Crippen LogP contribution in [-0.4, -0.2) is 39.8 Å². The van der Waals surface area contributed by atoms with Crippen molar-refractivity contribution in [3.8, 4) is 11.5 Å². The lowest BCUT2D eigenvalue weighted by molar-refractivity contribution is -0.123. The summed E-state index contributed by atoms with van der Waals surface area (Å²) in [6.45, 7) is 1.31. The first kappa shape index (κ1) is 13.3. The van der Waals surface area contributed by atoms with E-state index in [2.05, 4.69) is 10.6 Å². The zero-order valence-electron chi connectivity index (χ0n) is 10.2. The highest BCUT2D eigenvalue weighted by Gasteiger charge is 2.05. The Kier molecular flexibility index (Phi) is 5.88. The molecule has 1 rings (SSSR count). The molecule has 0 unspecified atom stereocenters. The molecule has 1 aromatic rings. The average Bonchev–Trinajstić information content (AvgIpc) is 2.37. The number of hydrogen-bond donors (Lipinski definition) is 2. The molecule has 0 fully saturated rings. The summed E-state index contributed by atoms with van der Waals surface area (Å²) in [7, 11) is 3.40. The van der Waals surface area contributed by atoms with Crippen LogP contribution in [0.15, 0.2) is 24.3 Å². The zero-order chi connectivity index (χ0) is 12.5. The van der Waals surface area contributed by atoms with Crippen LogP contribution >= 0.6 is 0 Å². The van der Waals surface area contributed by atoms with Crippen LogP contribution in [0.3, 0.4) is 0 Å². The van der Waals surface area contributed by atoms with E-state index in [1.165, 1.54) is 0 Å². The summed E-state index contributed by atoms with van der Waals surface area (Å²) in [5, 5.41) is 5.66. The second-order valence-electron chi connectivity index (χ2n) is 3.39. The Morgan fingerprint density at radius 1 is 1.24 bits per heavy atom. The number of para-hydroxylation sites is 2. The van der Waals surface area contributed by atoms with Crippen molar-refractivity contribution in [2.24, 2.45) is 0 Å². The van der Waals surface area contributed by atoms with Gasteiger partial charge in [-0.1, -0.05) is 12.1 Å². The van der Waals surface area contributed by atoms with E-state index in [4.69, 9.17) is 9.47 Å². The van der Waals surface area contributed by atoms with Gasteiger partial charge in [-0.15, -0.1) is 0 Å². The van der Waals surface area contributed by atoms with Gasteiger partial charge in [0.15, 0.2) is 18.1 Å². The Hall–Kier alpha value is -1.75. The topological polar surface area (TPSA) is 59.6 Å². The average molecular weight is 238 g/mol. The highest BCUT2D eigenvalue weighted by Crippen LogP contribution is 2.25. The standard InChI is InChI=1S/C12H18N2O3/c1-13-7-8-14-12(15)9-17-11-6-4-3-5-10(11)16-2/h3-6,13H,7-9H2,1-2H3,(H,14,15). The molecule has 0 aliphatic heterocycles. The second-order valence-corrected chi connectivity index (χ2v) is 3.39. The molecule has 0 heterocycles. The first-order valence-electron chi connectivity index (χ1n) is 5.45. The number of nitrogens with one attached hydrogen (secondary N) is 2. The molecule has 17 heavy (non-hydrogen) atoms. The molecule has 0 spiro atoms. The molecule has 0 atom stereocenters. The molecule has 0 saturated heterocycles. The van der Waals surface area contributed by atoms with Gasteiger partial charge in [-0.05, 0) is 19.2 Å². The highest BCUT2D eigenvalue weighted by atomic mass is 16.5. The van der Waals surface area contributed by atoms with Gasteiger partial charge >= 0.3 is 0 Å². The molecule has 2 N–H and O–H groups in total. The summed E-state index contributed by atoms with van der Waals surface area (Å²) < 4.78 is 10.5. The third-order valence-electron chi connectivity index (χ3n) is 2.13. The molecule has 0 radical (unpaired) electrons. The number of likely N-dealkylation sites (N-methyl/N-ethyl adjacent to an activating group) is 1. The van der Waals surface area contributed by atoms with Crippen molar-refractivity contribution in [3.05, 3.63) is 24.3 Å². The number of benzene rings is 1. The van der Waals surface area contributed by atoms with Crippen LogP contribution in [0.25, 0.3) is 0 Å². The number of carbonyl (C=O) groups is 1. The lowest BCUT2D eigenvalue weighted by Gasteiger charge is -2.10. The Labute approximate surface area is 101 Å². The van der Waals surface area contributed by atoms with E-state index in [1.54, 1.807) is 19.2 Å². The molecule has 5 nitrogen and oxygen atoms in total. The largest absolute Gasteiger partial charge is 0.493 e. The lowest BCUT2D eigenvalue weighted by Crippen LogP contribution is -2.33. The normalized spacial score (nSPS) is 9.76. The van der Waals surface area contributed by atoms with Crippen LogP contribution in [0.5, 0.6) is 11.5 Å². The van der Waals surface area contributed by atoms with Crippen molar-refractivity contribution in [2.45, 2.75) is 0 Å². The van der Waals surface area contributed by atoms with Crippen molar-refractivity contribution >= 4 is 5.91 Å². The molecular weight excluding hydrogens is 220 g/mol. The van der Waals surface area contributed by atoms with Crippen LogP contribution in [0, 0.1) is 0 Å². The number of amides is 1. The highest BCUT2D eigenvalue weighted by molar-refractivity contribution is 5.77. The quantitative estimate of drug-likeness (QED) is 0.675. The Bertz CT molecular complexity index is 355. The van der Waals surface area contributed by atoms with Gasteiger partial charge in [0.25, 0.3) is 5.91 Å². The van der Waals surface area contributed by atoms with Crippen LogP contribution < -0.4 is 20.1 Å². The van der Waals surface area contributed by atoms with Crippen LogP contribution in [0.4, 0.5) is 0 Å². The minimum atomic E-state index is -0.147. The van der Waals surface area contributed by atoms with E-state index in [1.807, 2.05) is 19.2 Å². The van der Waals surface area contributed by atoms with Crippen LogP contribution in [0.1, 0.15) is 0 Å². The predicted molar refractivity (Wildman–Crippen MR) is 65.4 cm³/mol. The third kappa shape index (κ3) is 4.74. The van der Waals surface area contributed by atoms with Crippen molar-refractivity contribution in [3.63, 3.8) is 0 Å². The maximum atomic E-state index is 11.4. The third-order valence-corrected chi connectivity index (χ3v) is 2.13. The number of hydrogen-bond acceptors (Lipinski definition) is 4. The number of ether oxygens (including phenoxy) is 2. The van der Waals surface area contributed by atoms with E-state index in [-0.39, 0.29) is 12.5 Å². The maximum Gasteiger partial charge on any atom is 0.257 e. The molecule has 0 aliphatic carbocycles. The monoisotopic (exact) mass is 238 g/mol. The smallest absolute Gasteiger partial charge is 0.257 e. The van der Waals surface area contributed by atoms with Gasteiger partial charge in [0.05, 0.1) is 7.11 Å². The summed E-state index contributed by atoms with van der Waals surface area (Å²) >= 11 is 0. The fourth-order valence-corrected chi connectivity index (χ4v) is 1.26. The van der Waals surface area contributed by atoms with Gasteiger partial charge in [-0.25, -0.2) is 0 Å². The van der Waals surface area contributed by atoms with Gasteiger partial charge in [0, 0.05) is 13.1 Å². The van der Waals surface area contributed by atoms with Crippen molar-refractivity contribution < 1.29 is 14.3 Å². The van der Waals surface area contributed by atoms with E-state index in [0.717, 1.165) is 6.54 Å². The van der Waals surface area contributed by atoms with E-state index in [0.29, 0.717) is 18.0 Å². The van der Waals surface area contributed by atoms with Crippen molar-refractivity contribution in [1.29, 1.82) is 0 Å². The Morgan fingerprint density at radius 3 is 2.59 bits per heavy atom. The van der Waals surface area contributed by atoms with Gasteiger partial charge in [-0.3, -0.25) is 4.79 Å². The number of rotatable bonds is 7. The lowest BCUT2D eigenvalue weighted by atomic mass is 10.3. The number of methoxy groups -OCH3 is 1. The molecule has 0 bridgehead atoms. The second kappa shape index (κ2) is 7.51. The summed E-state index contributed by atoms with van der Waals surface area (Å²) in [6.07, 6.45) is 0. The van der Waals surface area contributed by atoms with Gasteiger partial charge in [-0.2, -0.15) is 0 Å². The predicted octanol–water partition coefficient (Wildman–Crippen LogP) is 0.410. The minimum Gasteiger partial charge on any atom is -0.493 e. The fraction of sp³-hybridized carbons (Fsp3) is 0.417. The van der Waals surface area contributed by atoms with Gasteiger partial charge < -0.3 is 20.1 Å². The summed E-state index contributed by atoms with van der Waals surface area (Å²) in [6, 6.07) is 7.23. The molecule has 1 aromatic carbocycles. The van der Waals surface area contributed by atoms with Gasteiger partial charge in [0.1, 0.15) is 0 Å². The number of carbonyl (C=O) groups excluding carboxylic acids is 1. The molecule has 0 aromatic heterocycles. The summed E-state index contributed by atoms with van der Waals surface area (Å²) in [5.74, 6) is 1.04. The van der Waals surface area contributed by atoms with Crippen LogP contribution in [-0.2, 0) is 4.79 Å². The molecule has 0 saturated carbocycles. The van der Waals surface area contributed by atoms with Crippen LogP contribution in [0.2, 0.25) is 0 Å². The SMILES string of the molecule is CNCCNC(=O)COc1ccccc1OC. The first-order chi connectivity index (χ1) is 8.27. The van der Waals surface area contributed by atoms with Crippen molar-refractivity contribution in [1.82, 2.24) is 10.6 Å². The zero-order valence-corrected chi connectivity index (χ0v) is 10.2. The minimum absolute atomic E-state index is 0.00983. The molecule has 1 amide bonds. The maximum absolute atomic E-state index is 11.4. The summed E-state index contributed by atoms with van der Waals surface area (Å²) in [4.78, 5) is 11.4. The van der Waals surface area contributed by atoms with E-state index < -0.39 is 0 Å². The molecule has 0 aliphatic rings. The van der Waals surface area contributed by atoms with E-state index in [9.17, 15) is 4.79 Å². The van der Waals surface area contributed by atoms with Crippen molar-refractivity contribution in [2.75, 3.05) is 33.9 Å². The Balaban J connectivity index is 2.36. The Morgan fingerprint density at radius 2 is 1.94 bits per heavy atom. The van der Waals surface area contributed by atoms with Gasteiger partial charge in [0.2, 0.25) is 0 Å². The molecular formula is C12H18N2O3. The summed E-state index contributed by atoms with van der Waals surface area (Å²) in [5.41, 5.74) is 0. The first-order valence-corrected chi connectivity index (χ1v) is 5.45. The molecule has 94 valence electrons. The van der Waals surface area contributed by atoms with E-state index >= 15 is 0 Å².